The van der Waals surface area contributed by atoms with Crippen LogP contribution in [0.2, 0.25) is 0 Å². The first-order valence-corrected chi connectivity index (χ1v) is 12.4. The monoisotopic (exact) mass is 498 g/mol. The van der Waals surface area contributed by atoms with Gasteiger partial charge in [-0.3, -0.25) is 0 Å². The molecule has 1 fully saturated rings. The number of aliphatic carboxylic acids is 1. The Labute approximate surface area is 213 Å². The van der Waals surface area contributed by atoms with Gasteiger partial charge in [-0.05, 0) is 69.7 Å². The largest absolute Gasteiger partial charge is 0.496 e. The number of urea groups is 1. The molecule has 2 aromatic carbocycles. The fraction of sp³-hybridized carbons (Fsp3) is 0.500. The maximum Gasteiger partial charge on any atom is 0.329 e. The molecule has 36 heavy (non-hydrogen) atoms. The first kappa shape index (κ1) is 27.3. The van der Waals surface area contributed by atoms with Gasteiger partial charge >= 0.3 is 12.0 Å². The third kappa shape index (κ3) is 5.59. The van der Waals surface area contributed by atoms with Gasteiger partial charge in [0.05, 0.1) is 33.0 Å². The summed E-state index contributed by atoms with van der Waals surface area (Å²) in [5, 5.41) is 12.6. The number of benzene rings is 2. The number of nitrogens with one attached hydrogen (secondary N) is 1. The third-order valence-electron chi connectivity index (χ3n) is 7.30. The number of methoxy groups -OCH3 is 2. The normalized spacial score (nSPS) is 15.8. The Morgan fingerprint density at radius 2 is 1.75 bits per heavy atom. The molecule has 1 aliphatic rings. The van der Waals surface area contributed by atoms with Crippen LogP contribution in [0.25, 0.3) is 0 Å². The topological polar surface area (TPSA) is 97.3 Å². The highest BCUT2D eigenvalue weighted by Gasteiger charge is 2.46. The summed E-state index contributed by atoms with van der Waals surface area (Å²) >= 11 is 0. The molecule has 1 unspecified atom stereocenters. The van der Waals surface area contributed by atoms with Crippen LogP contribution in [-0.4, -0.2) is 54.9 Å². The van der Waals surface area contributed by atoms with Crippen LogP contribution in [0.15, 0.2) is 36.4 Å². The second kappa shape index (κ2) is 11.6. The molecule has 0 saturated heterocycles. The van der Waals surface area contributed by atoms with Crippen LogP contribution < -0.4 is 14.8 Å². The lowest BCUT2D eigenvalue weighted by Gasteiger charge is -2.41. The van der Waals surface area contributed by atoms with Crippen LogP contribution in [0.1, 0.15) is 67.5 Å². The van der Waals surface area contributed by atoms with E-state index in [1.54, 1.807) is 19.1 Å². The standard InChI is InChI=1S/C28H38N2O6/c1-18-23(17-24(34-5)19(2)25(18)35-6)20(3)30(27(33)29-28(26(31)32)13-10-14-28)15-16-36-21(4)22-11-8-7-9-12-22/h7-9,11-12,17,20-21H,10,13-16H2,1-6H3,(H,29,33)(H,31,32)/t20?,21-/m0/s1. The van der Waals surface area contributed by atoms with Crippen molar-refractivity contribution in [3.05, 3.63) is 58.7 Å². The molecular weight excluding hydrogens is 460 g/mol. The molecule has 0 spiro atoms. The Kier molecular flexibility index (Phi) is 8.84. The fourth-order valence-electron chi connectivity index (χ4n) is 4.82. The zero-order chi connectivity index (χ0) is 26.5. The number of carboxylic acid groups (broad SMARTS) is 1. The average molecular weight is 499 g/mol. The zero-order valence-corrected chi connectivity index (χ0v) is 22.1. The molecule has 2 aromatic rings. The van der Waals surface area contributed by atoms with Gasteiger partial charge in [0.15, 0.2) is 0 Å². The summed E-state index contributed by atoms with van der Waals surface area (Å²) in [5.74, 6) is 0.361. The van der Waals surface area contributed by atoms with Gasteiger partial charge in [-0.15, -0.1) is 0 Å². The molecule has 2 atom stereocenters. The molecule has 0 heterocycles. The van der Waals surface area contributed by atoms with Crippen molar-refractivity contribution in [2.75, 3.05) is 27.4 Å². The van der Waals surface area contributed by atoms with Crippen molar-refractivity contribution in [3.63, 3.8) is 0 Å². The summed E-state index contributed by atoms with van der Waals surface area (Å²) in [6.07, 6.45) is 1.46. The number of nitrogens with zero attached hydrogens (tertiary/aromatic N) is 1. The van der Waals surface area contributed by atoms with Gasteiger partial charge in [-0.25, -0.2) is 9.59 Å². The van der Waals surface area contributed by atoms with E-state index in [2.05, 4.69) is 5.32 Å². The van der Waals surface area contributed by atoms with Crippen LogP contribution in [0.4, 0.5) is 4.79 Å². The van der Waals surface area contributed by atoms with Crippen LogP contribution >= 0.6 is 0 Å². The summed E-state index contributed by atoms with van der Waals surface area (Å²) in [6.45, 7) is 8.33. The molecule has 8 nitrogen and oxygen atoms in total. The molecule has 196 valence electrons. The maximum atomic E-state index is 13.5. The highest BCUT2D eigenvalue weighted by molar-refractivity contribution is 5.87. The lowest BCUT2D eigenvalue weighted by molar-refractivity contribution is -0.148. The molecular formula is C28H38N2O6. The van der Waals surface area contributed by atoms with Crippen molar-refractivity contribution in [2.24, 2.45) is 0 Å². The van der Waals surface area contributed by atoms with E-state index in [0.29, 0.717) is 24.3 Å². The number of amides is 2. The van der Waals surface area contributed by atoms with Gasteiger partial charge in [-0.1, -0.05) is 30.3 Å². The second-order valence-corrected chi connectivity index (χ2v) is 9.42. The summed E-state index contributed by atoms with van der Waals surface area (Å²) in [7, 11) is 3.21. The van der Waals surface area contributed by atoms with Crippen LogP contribution in [-0.2, 0) is 9.53 Å². The number of carboxylic acids is 1. The highest BCUT2D eigenvalue weighted by atomic mass is 16.5. The van der Waals surface area contributed by atoms with Crippen molar-refractivity contribution < 1.29 is 28.9 Å². The predicted octanol–water partition coefficient (Wildman–Crippen LogP) is 5.18. The van der Waals surface area contributed by atoms with E-state index >= 15 is 0 Å². The van der Waals surface area contributed by atoms with Crippen LogP contribution in [0.3, 0.4) is 0 Å². The van der Waals surface area contributed by atoms with Crippen molar-refractivity contribution in [2.45, 2.75) is 64.6 Å². The second-order valence-electron chi connectivity index (χ2n) is 9.42. The van der Waals surface area contributed by atoms with Gasteiger partial charge in [-0.2, -0.15) is 0 Å². The molecule has 1 saturated carbocycles. The van der Waals surface area contributed by atoms with E-state index in [-0.39, 0.29) is 19.3 Å². The van der Waals surface area contributed by atoms with E-state index in [9.17, 15) is 14.7 Å². The first-order valence-electron chi connectivity index (χ1n) is 12.4. The lowest BCUT2D eigenvalue weighted by atomic mass is 9.77. The van der Waals surface area contributed by atoms with Gasteiger partial charge in [0.2, 0.25) is 0 Å². The van der Waals surface area contributed by atoms with Crippen LogP contribution in [0, 0.1) is 13.8 Å². The van der Waals surface area contributed by atoms with Crippen molar-refractivity contribution in [1.29, 1.82) is 0 Å². The molecule has 2 amide bonds. The fourth-order valence-corrected chi connectivity index (χ4v) is 4.82. The molecule has 8 heteroatoms. The van der Waals surface area contributed by atoms with E-state index in [4.69, 9.17) is 14.2 Å². The predicted molar refractivity (Wildman–Crippen MR) is 138 cm³/mol. The SMILES string of the molecule is COc1cc(C(C)N(CCO[C@@H](C)c2ccccc2)C(=O)NC2(C(=O)O)CCC2)c(C)c(OC)c1C. The lowest BCUT2D eigenvalue weighted by Crippen LogP contribution is -2.62. The molecule has 2 N–H and O–H groups in total. The molecule has 3 rings (SSSR count). The third-order valence-corrected chi connectivity index (χ3v) is 7.30. The quantitative estimate of drug-likeness (QED) is 0.443. The summed E-state index contributed by atoms with van der Waals surface area (Å²) in [4.78, 5) is 27.1. The summed E-state index contributed by atoms with van der Waals surface area (Å²) < 4.78 is 17.3. The number of carbonyl (C=O) groups excluding carboxylic acids is 1. The Hall–Kier alpha value is -3.26. The van der Waals surface area contributed by atoms with E-state index in [0.717, 1.165) is 28.7 Å². The minimum absolute atomic E-state index is 0.148. The Morgan fingerprint density at radius 1 is 1.08 bits per heavy atom. The number of hydrogen-bond acceptors (Lipinski definition) is 5. The smallest absolute Gasteiger partial charge is 0.329 e. The Morgan fingerprint density at radius 3 is 2.28 bits per heavy atom. The maximum absolute atomic E-state index is 13.5. The van der Waals surface area contributed by atoms with Crippen molar-refractivity contribution in [1.82, 2.24) is 10.2 Å². The van der Waals surface area contributed by atoms with E-state index in [1.807, 2.05) is 64.1 Å². The number of hydrogen-bond donors (Lipinski definition) is 2. The first-order chi connectivity index (χ1) is 17.1. The zero-order valence-electron chi connectivity index (χ0n) is 22.1. The van der Waals surface area contributed by atoms with Crippen molar-refractivity contribution in [3.8, 4) is 11.5 Å². The number of rotatable bonds is 11. The van der Waals surface area contributed by atoms with Crippen LogP contribution in [0.5, 0.6) is 11.5 Å². The Balaban J connectivity index is 1.87. The van der Waals surface area contributed by atoms with Gasteiger partial charge in [0.25, 0.3) is 0 Å². The van der Waals surface area contributed by atoms with Gasteiger partial charge < -0.3 is 29.5 Å². The van der Waals surface area contributed by atoms with E-state index < -0.39 is 23.6 Å². The summed E-state index contributed by atoms with van der Waals surface area (Å²) in [5.41, 5.74) is 2.47. The Bertz CT molecular complexity index is 1070. The molecule has 0 aromatic heterocycles. The minimum atomic E-state index is -1.22. The molecule has 1 aliphatic carbocycles. The molecule has 0 aliphatic heterocycles. The highest BCUT2D eigenvalue weighted by Crippen LogP contribution is 2.38. The number of ether oxygens (including phenoxy) is 3. The molecule has 0 bridgehead atoms. The van der Waals surface area contributed by atoms with Gasteiger partial charge in [0.1, 0.15) is 17.0 Å². The average Bonchev–Trinajstić information content (AvgIpc) is 2.84. The van der Waals surface area contributed by atoms with Crippen molar-refractivity contribution >= 4 is 12.0 Å². The van der Waals surface area contributed by atoms with E-state index in [1.165, 1.54) is 0 Å². The number of carbonyl (C=O) groups is 2. The minimum Gasteiger partial charge on any atom is -0.496 e. The van der Waals surface area contributed by atoms with Gasteiger partial charge in [0, 0.05) is 12.1 Å². The molecule has 0 radical (unpaired) electrons. The summed E-state index contributed by atoms with van der Waals surface area (Å²) in [6, 6.07) is 11.0.